The normalized spacial score (nSPS) is 10.5. The Hall–Kier alpha value is -0.850. The lowest BCUT2D eigenvalue weighted by atomic mass is 10.2. The van der Waals surface area contributed by atoms with Crippen LogP contribution in [0.1, 0.15) is 11.3 Å². The number of nitrogens with zero attached hydrogens (tertiary/aromatic N) is 1. The van der Waals surface area contributed by atoms with E-state index in [0.717, 1.165) is 19.4 Å². The number of nitrogens with one attached hydrogen (secondary N) is 1. The molecule has 0 spiro atoms. The lowest BCUT2D eigenvalue weighted by Gasteiger charge is -2.04. The Labute approximate surface area is 116 Å². The minimum absolute atomic E-state index is 0.0681. The third-order valence-corrected chi connectivity index (χ3v) is 4.74. The Balaban J connectivity index is 2.23. The summed E-state index contributed by atoms with van der Waals surface area (Å²) in [4.78, 5) is 5.47. The molecule has 17 heavy (non-hydrogen) atoms. The molecule has 1 heterocycles. The summed E-state index contributed by atoms with van der Waals surface area (Å²) in [6.45, 7) is 1.98. The van der Waals surface area contributed by atoms with Crippen LogP contribution < -0.4 is 5.73 Å². The van der Waals surface area contributed by atoms with E-state index >= 15 is 0 Å². The van der Waals surface area contributed by atoms with Crippen molar-refractivity contribution in [2.45, 2.75) is 16.2 Å². The zero-order chi connectivity index (χ0) is 12.4. The number of thiazole rings is 1. The molecule has 0 amide bonds. The number of rotatable bonds is 3. The number of benzene rings is 1. The standard InChI is InChI=1S/C11H10BrN3S2/c1-6-5-16-11(15-6)17-7-2-3-8(10(13)14)9(12)4-7/h2-5H,1H3,(H3,13,14). The van der Waals surface area contributed by atoms with Crippen molar-refractivity contribution in [1.29, 1.82) is 5.41 Å². The molecular formula is C11H10BrN3S2. The molecule has 3 N–H and O–H groups in total. The average molecular weight is 328 g/mol. The molecule has 6 heteroatoms. The van der Waals surface area contributed by atoms with Crippen LogP contribution in [0.4, 0.5) is 0 Å². The minimum Gasteiger partial charge on any atom is -0.384 e. The smallest absolute Gasteiger partial charge is 0.154 e. The Morgan fingerprint density at radius 2 is 2.29 bits per heavy atom. The summed E-state index contributed by atoms with van der Waals surface area (Å²) >= 11 is 6.65. The second-order valence-electron chi connectivity index (χ2n) is 3.41. The molecule has 1 aromatic carbocycles. The van der Waals surface area contributed by atoms with Crippen LogP contribution in [0.25, 0.3) is 0 Å². The highest BCUT2D eigenvalue weighted by Crippen LogP contribution is 2.32. The number of hydrogen-bond acceptors (Lipinski definition) is 4. The van der Waals surface area contributed by atoms with E-state index in [9.17, 15) is 0 Å². The van der Waals surface area contributed by atoms with Crippen LogP contribution in [0.15, 0.2) is 37.3 Å². The first-order valence-corrected chi connectivity index (χ1v) is 7.29. The fourth-order valence-corrected chi connectivity index (χ4v) is 3.85. The van der Waals surface area contributed by atoms with E-state index in [0.29, 0.717) is 5.56 Å². The van der Waals surface area contributed by atoms with Crippen molar-refractivity contribution in [3.05, 3.63) is 39.3 Å². The second-order valence-corrected chi connectivity index (χ2v) is 6.45. The molecule has 2 rings (SSSR count). The Kier molecular flexibility index (Phi) is 3.86. The number of nitrogens with two attached hydrogens (primary N) is 1. The molecule has 0 saturated heterocycles. The molecule has 0 fully saturated rings. The van der Waals surface area contributed by atoms with E-state index < -0.39 is 0 Å². The summed E-state index contributed by atoms with van der Waals surface area (Å²) in [5.41, 5.74) is 7.21. The van der Waals surface area contributed by atoms with Gasteiger partial charge in [-0.15, -0.1) is 11.3 Å². The van der Waals surface area contributed by atoms with Gasteiger partial charge in [0.05, 0.1) is 0 Å². The number of hydrogen-bond donors (Lipinski definition) is 2. The monoisotopic (exact) mass is 327 g/mol. The Bertz CT molecular complexity index is 566. The SMILES string of the molecule is Cc1csc(Sc2ccc(C(=N)N)c(Br)c2)n1. The van der Waals surface area contributed by atoms with Gasteiger partial charge in [0.2, 0.25) is 0 Å². The lowest BCUT2D eigenvalue weighted by Crippen LogP contribution is -2.11. The fraction of sp³-hybridized carbons (Fsp3) is 0.0909. The molecule has 0 bridgehead atoms. The molecular weight excluding hydrogens is 318 g/mol. The second kappa shape index (κ2) is 5.20. The number of amidine groups is 1. The van der Waals surface area contributed by atoms with Crippen molar-refractivity contribution in [3.8, 4) is 0 Å². The van der Waals surface area contributed by atoms with Gasteiger partial charge in [0.1, 0.15) is 5.84 Å². The van der Waals surface area contributed by atoms with E-state index in [1.54, 1.807) is 23.1 Å². The molecule has 0 aliphatic heterocycles. The van der Waals surface area contributed by atoms with Crippen molar-refractivity contribution >= 4 is 44.9 Å². The summed E-state index contributed by atoms with van der Waals surface area (Å²) < 4.78 is 1.85. The maximum absolute atomic E-state index is 7.40. The van der Waals surface area contributed by atoms with Gasteiger partial charge in [-0.1, -0.05) is 11.8 Å². The van der Waals surface area contributed by atoms with E-state index in [1.165, 1.54) is 0 Å². The van der Waals surface area contributed by atoms with Gasteiger partial charge in [0.25, 0.3) is 0 Å². The molecule has 2 aromatic rings. The molecule has 0 atom stereocenters. The molecule has 0 aliphatic carbocycles. The van der Waals surface area contributed by atoms with Gasteiger partial charge in [-0.25, -0.2) is 4.98 Å². The first-order chi connectivity index (χ1) is 8.06. The fourth-order valence-electron chi connectivity index (χ4n) is 1.26. The van der Waals surface area contributed by atoms with Crippen molar-refractivity contribution in [2.75, 3.05) is 0 Å². The van der Waals surface area contributed by atoms with Gasteiger partial charge in [0.15, 0.2) is 4.34 Å². The molecule has 1 aromatic heterocycles. The van der Waals surface area contributed by atoms with Gasteiger partial charge >= 0.3 is 0 Å². The number of aryl methyl sites for hydroxylation is 1. The maximum atomic E-state index is 7.40. The van der Waals surface area contributed by atoms with E-state index in [2.05, 4.69) is 20.9 Å². The summed E-state index contributed by atoms with van der Waals surface area (Å²) in [6, 6.07) is 5.75. The van der Waals surface area contributed by atoms with Crippen LogP contribution in [0.3, 0.4) is 0 Å². The van der Waals surface area contributed by atoms with E-state index in [-0.39, 0.29) is 5.84 Å². The molecule has 0 aliphatic rings. The van der Waals surface area contributed by atoms with Crippen molar-refractivity contribution in [1.82, 2.24) is 4.98 Å². The topological polar surface area (TPSA) is 62.8 Å². The first-order valence-electron chi connectivity index (χ1n) is 4.80. The van der Waals surface area contributed by atoms with Crippen molar-refractivity contribution in [2.24, 2.45) is 5.73 Å². The van der Waals surface area contributed by atoms with Crippen molar-refractivity contribution < 1.29 is 0 Å². The first kappa shape index (κ1) is 12.6. The van der Waals surface area contributed by atoms with Gasteiger partial charge in [0, 0.05) is 26.0 Å². The molecule has 3 nitrogen and oxygen atoms in total. The van der Waals surface area contributed by atoms with Crippen molar-refractivity contribution in [3.63, 3.8) is 0 Å². The van der Waals surface area contributed by atoms with Crippen LogP contribution in [0.5, 0.6) is 0 Å². The third-order valence-electron chi connectivity index (χ3n) is 2.03. The number of aromatic nitrogens is 1. The number of nitrogen functional groups attached to an aromatic ring is 1. The summed E-state index contributed by atoms with van der Waals surface area (Å²) in [5.74, 6) is 0.0681. The number of halogens is 1. The highest BCUT2D eigenvalue weighted by Gasteiger charge is 2.06. The van der Waals surface area contributed by atoms with Crippen LogP contribution in [-0.2, 0) is 0 Å². The van der Waals surface area contributed by atoms with Crippen LogP contribution in [-0.4, -0.2) is 10.8 Å². The average Bonchev–Trinajstić information content (AvgIpc) is 2.63. The largest absolute Gasteiger partial charge is 0.384 e. The van der Waals surface area contributed by atoms with Gasteiger partial charge < -0.3 is 5.73 Å². The van der Waals surface area contributed by atoms with Crippen LogP contribution in [0, 0.1) is 12.3 Å². The van der Waals surface area contributed by atoms with Crippen LogP contribution in [0.2, 0.25) is 0 Å². The maximum Gasteiger partial charge on any atom is 0.154 e. The van der Waals surface area contributed by atoms with Crippen LogP contribution >= 0.6 is 39.0 Å². The van der Waals surface area contributed by atoms with E-state index in [1.807, 2.05) is 30.5 Å². The van der Waals surface area contributed by atoms with Gasteiger partial charge in [-0.3, -0.25) is 5.41 Å². The predicted molar refractivity (Wildman–Crippen MR) is 76.1 cm³/mol. The molecule has 0 saturated carbocycles. The third kappa shape index (κ3) is 3.08. The molecule has 0 unspecified atom stereocenters. The summed E-state index contributed by atoms with van der Waals surface area (Å²) in [7, 11) is 0. The predicted octanol–water partition coefficient (Wildman–Crippen LogP) is 3.65. The minimum atomic E-state index is 0.0681. The summed E-state index contributed by atoms with van der Waals surface area (Å²) in [5, 5.41) is 9.43. The zero-order valence-corrected chi connectivity index (χ0v) is 12.2. The lowest BCUT2D eigenvalue weighted by molar-refractivity contribution is 1.16. The molecule has 88 valence electrons. The highest BCUT2D eigenvalue weighted by atomic mass is 79.9. The summed E-state index contributed by atoms with van der Waals surface area (Å²) in [6.07, 6.45) is 0. The quantitative estimate of drug-likeness (QED) is 0.668. The molecule has 0 radical (unpaired) electrons. The Morgan fingerprint density at radius 3 is 2.82 bits per heavy atom. The zero-order valence-electron chi connectivity index (χ0n) is 9.03. The van der Waals surface area contributed by atoms with Gasteiger partial charge in [-0.2, -0.15) is 0 Å². The van der Waals surface area contributed by atoms with Gasteiger partial charge in [-0.05, 0) is 41.1 Å². The Morgan fingerprint density at radius 1 is 1.53 bits per heavy atom. The van der Waals surface area contributed by atoms with E-state index in [4.69, 9.17) is 11.1 Å². The highest BCUT2D eigenvalue weighted by molar-refractivity contribution is 9.10.